The van der Waals surface area contributed by atoms with Crippen LogP contribution in [0.5, 0.6) is 0 Å². The first-order chi connectivity index (χ1) is 10.0. The van der Waals surface area contributed by atoms with E-state index in [1.807, 2.05) is 0 Å². The lowest BCUT2D eigenvalue weighted by Gasteiger charge is -2.23. The van der Waals surface area contributed by atoms with Gasteiger partial charge in [-0.05, 0) is 38.5 Å². The van der Waals surface area contributed by atoms with Crippen LogP contribution in [-0.4, -0.2) is 31.2 Å². The maximum atomic E-state index is 12.1. The van der Waals surface area contributed by atoms with Gasteiger partial charge in [-0.2, -0.15) is 0 Å². The molecule has 2 N–H and O–H groups in total. The van der Waals surface area contributed by atoms with Crippen molar-refractivity contribution in [3.05, 3.63) is 12.2 Å². The molecule has 1 aliphatic rings. The molecule has 0 radical (unpaired) electrons. The van der Waals surface area contributed by atoms with E-state index >= 15 is 0 Å². The number of carbonyl (C=O) groups excluding carboxylic acids is 2. The third kappa shape index (κ3) is 7.16. The van der Waals surface area contributed by atoms with Crippen molar-refractivity contribution in [1.82, 2.24) is 10.6 Å². The summed E-state index contributed by atoms with van der Waals surface area (Å²) in [6.07, 6.45) is 7.26. The largest absolute Gasteiger partial charge is 0.450 e. The number of nitrogens with one attached hydrogen (secondary N) is 2. The third-order valence-corrected chi connectivity index (χ3v) is 3.52. The highest BCUT2D eigenvalue weighted by molar-refractivity contribution is 5.79. The number of carbonyl (C=O) groups is 2. The van der Waals surface area contributed by atoms with E-state index in [0.717, 1.165) is 25.7 Å². The van der Waals surface area contributed by atoms with E-state index in [1.165, 1.54) is 0 Å². The first kappa shape index (κ1) is 17.5. The van der Waals surface area contributed by atoms with Crippen molar-refractivity contribution in [1.29, 1.82) is 0 Å². The van der Waals surface area contributed by atoms with Crippen molar-refractivity contribution >= 4 is 12.0 Å². The van der Waals surface area contributed by atoms with Crippen LogP contribution in [0.4, 0.5) is 4.79 Å². The second-order valence-electron chi connectivity index (χ2n) is 5.92. The van der Waals surface area contributed by atoms with E-state index in [2.05, 4.69) is 36.6 Å². The fraction of sp³-hybridized carbons (Fsp3) is 0.750. The summed E-state index contributed by atoms with van der Waals surface area (Å²) in [5.41, 5.74) is 0. The van der Waals surface area contributed by atoms with Crippen molar-refractivity contribution in [2.24, 2.45) is 11.8 Å². The van der Waals surface area contributed by atoms with E-state index in [4.69, 9.17) is 4.74 Å². The van der Waals surface area contributed by atoms with Crippen molar-refractivity contribution in [2.45, 2.75) is 52.5 Å². The molecule has 0 spiro atoms. The fourth-order valence-corrected chi connectivity index (χ4v) is 2.50. The Hall–Kier alpha value is -1.52. The zero-order chi connectivity index (χ0) is 15.7. The molecule has 1 aliphatic carbocycles. The number of hydrogen-bond donors (Lipinski definition) is 2. The average Bonchev–Trinajstić information content (AvgIpc) is 2.45. The van der Waals surface area contributed by atoms with Crippen LogP contribution in [0.2, 0.25) is 0 Å². The van der Waals surface area contributed by atoms with Crippen molar-refractivity contribution in [3.8, 4) is 0 Å². The van der Waals surface area contributed by atoms with Gasteiger partial charge in [0.15, 0.2) is 0 Å². The Kier molecular flexibility index (Phi) is 7.87. The minimum atomic E-state index is -0.419. The highest BCUT2D eigenvalue weighted by atomic mass is 16.5. The Labute approximate surface area is 127 Å². The van der Waals surface area contributed by atoms with Gasteiger partial charge in [-0.1, -0.05) is 26.0 Å². The van der Waals surface area contributed by atoms with Gasteiger partial charge in [0.2, 0.25) is 5.91 Å². The first-order valence-electron chi connectivity index (χ1n) is 7.88. The lowest BCUT2D eigenvalue weighted by molar-refractivity contribution is -0.125. The molecule has 0 aromatic carbocycles. The van der Waals surface area contributed by atoms with E-state index in [0.29, 0.717) is 19.1 Å². The molecule has 120 valence electrons. The maximum absolute atomic E-state index is 12.1. The van der Waals surface area contributed by atoms with Gasteiger partial charge in [0, 0.05) is 18.5 Å². The molecule has 0 fully saturated rings. The zero-order valence-corrected chi connectivity index (χ0v) is 13.4. The fourth-order valence-electron chi connectivity index (χ4n) is 2.50. The molecule has 0 aromatic rings. The molecule has 21 heavy (non-hydrogen) atoms. The van der Waals surface area contributed by atoms with Crippen LogP contribution in [-0.2, 0) is 9.53 Å². The molecule has 2 amide bonds. The van der Waals surface area contributed by atoms with Crippen LogP contribution in [0.1, 0.15) is 46.5 Å². The van der Waals surface area contributed by atoms with Crippen LogP contribution in [0.25, 0.3) is 0 Å². The lowest BCUT2D eigenvalue weighted by Crippen LogP contribution is -2.45. The number of rotatable bonds is 7. The Morgan fingerprint density at radius 3 is 2.67 bits per heavy atom. The number of alkyl carbamates (subject to hydrolysis) is 1. The highest BCUT2D eigenvalue weighted by Gasteiger charge is 2.21. The van der Waals surface area contributed by atoms with E-state index in [1.54, 1.807) is 6.92 Å². The Morgan fingerprint density at radius 2 is 2.10 bits per heavy atom. The molecule has 0 aromatic heterocycles. The van der Waals surface area contributed by atoms with Gasteiger partial charge in [0.25, 0.3) is 0 Å². The Morgan fingerprint density at radius 1 is 1.33 bits per heavy atom. The Bertz CT molecular complexity index is 367. The third-order valence-electron chi connectivity index (χ3n) is 3.52. The second-order valence-corrected chi connectivity index (χ2v) is 5.92. The summed E-state index contributed by atoms with van der Waals surface area (Å²) < 4.78 is 4.91. The molecule has 2 unspecified atom stereocenters. The molecule has 0 aliphatic heterocycles. The number of ether oxygens (including phenoxy) is 1. The number of allylic oxidation sites excluding steroid dienone is 2. The van der Waals surface area contributed by atoms with Crippen molar-refractivity contribution < 1.29 is 14.3 Å². The molecular formula is C16H28N2O3. The predicted octanol–water partition coefficient (Wildman–Crippen LogP) is 2.62. The van der Waals surface area contributed by atoms with E-state index in [9.17, 15) is 9.59 Å². The van der Waals surface area contributed by atoms with E-state index < -0.39 is 6.09 Å². The van der Waals surface area contributed by atoms with Crippen molar-refractivity contribution in [2.75, 3.05) is 13.2 Å². The normalized spacial score (nSPS) is 19.1. The minimum absolute atomic E-state index is 0.0669. The smallest absolute Gasteiger partial charge is 0.407 e. The van der Waals surface area contributed by atoms with Crippen LogP contribution in [0.15, 0.2) is 12.2 Å². The number of amides is 2. The van der Waals surface area contributed by atoms with Crippen LogP contribution < -0.4 is 10.6 Å². The summed E-state index contributed by atoms with van der Waals surface area (Å²) in [6, 6.07) is -0.0906. The minimum Gasteiger partial charge on any atom is -0.450 e. The molecule has 0 bridgehead atoms. The lowest BCUT2D eigenvalue weighted by atomic mass is 9.93. The van der Waals surface area contributed by atoms with Crippen LogP contribution in [0, 0.1) is 11.8 Å². The van der Waals surface area contributed by atoms with E-state index in [-0.39, 0.29) is 17.9 Å². The quantitative estimate of drug-likeness (QED) is 0.710. The zero-order valence-electron chi connectivity index (χ0n) is 13.4. The highest BCUT2D eigenvalue weighted by Crippen LogP contribution is 2.18. The molecular weight excluding hydrogens is 268 g/mol. The van der Waals surface area contributed by atoms with Gasteiger partial charge in [0.1, 0.15) is 0 Å². The van der Waals surface area contributed by atoms with Gasteiger partial charge >= 0.3 is 6.09 Å². The molecule has 1 rings (SSSR count). The van der Waals surface area contributed by atoms with Crippen molar-refractivity contribution in [3.63, 3.8) is 0 Å². The molecule has 0 saturated heterocycles. The molecule has 5 nitrogen and oxygen atoms in total. The molecule has 0 saturated carbocycles. The average molecular weight is 296 g/mol. The van der Waals surface area contributed by atoms with Crippen LogP contribution in [0.3, 0.4) is 0 Å². The topological polar surface area (TPSA) is 67.4 Å². The first-order valence-corrected chi connectivity index (χ1v) is 7.88. The Balaban J connectivity index is 2.42. The summed E-state index contributed by atoms with van der Waals surface area (Å²) in [5.74, 6) is 0.586. The van der Waals surface area contributed by atoms with Gasteiger partial charge in [0.05, 0.1) is 6.61 Å². The number of hydrogen-bond acceptors (Lipinski definition) is 3. The summed E-state index contributed by atoms with van der Waals surface area (Å²) in [5, 5.41) is 5.78. The van der Waals surface area contributed by atoms with Gasteiger partial charge in [-0.15, -0.1) is 0 Å². The summed E-state index contributed by atoms with van der Waals surface area (Å²) in [7, 11) is 0. The standard InChI is InChI=1S/C16H28N2O3/c1-4-21-16(20)18-14(10-12(2)3)11-17-15(19)13-8-6-5-7-9-13/h5-6,12-14H,4,7-11H2,1-3H3,(H,17,19)(H,18,20). The van der Waals surface area contributed by atoms with Gasteiger partial charge < -0.3 is 15.4 Å². The van der Waals surface area contributed by atoms with Gasteiger partial charge in [-0.3, -0.25) is 4.79 Å². The van der Waals surface area contributed by atoms with Gasteiger partial charge in [-0.25, -0.2) is 4.79 Å². The summed E-state index contributed by atoms with van der Waals surface area (Å²) in [6.45, 7) is 6.76. The monoisotopic (exact) mass is 296 g/mol. The summed E-state index contributed by atoms with van der Waals surface area (Å²) >= 11 is 0. The molecule has 2 atom stereocenters. The predicted molar refractivity (Wildman–Crippen MR) is 82.9 cm³/mol. The second kappa shape index (κ2) is 9.42. The van der Waals surface area contributed by atoms with Crippen LogP contribution >= 0.6 is 0 Å². The molecule has 0 heterocycles. The molecule has 5 heteroatoms. The maximum Gasteiger partial charge on any atom is 0.407 e. The summed E-state index contributed by atoms with van der Waals surface area (Å²) in [4.78, 5) is 23.6. The SMILES string of the molecule is CCOC(=O)NC(CNC(=O)C1CC=CCC1)CC(C)C.